The Balaban J connectivity index is 1.38. The van der Waals surface area contributed by atoms with E-state index in [9.17, 15) is 18.0 Å². The molecule has 3 heterocycles. The van der Waals surface area contributed by atoms with Gasteiger partial charge in [0.25, 0.3) is 0 Å². The number of rotatable bonds is 5. The highest BCUT2D eigenvalue weighted by Crippen LogP contribution is 2.39. The van der Waals surface area contributed by atoms with E-state index in [1.165, 1.54) is 6.33 Å². The molecule has 0 saturated carbocycles. The number of carbonyl (C=O) groups excluding carboxylic acids is 1. The van der Waals surface area contributed by atoms with E-state index in [1.54, 1.807) is 28.8 Å². The van der Waals surface area contributed by atoms with Crippen molar-refractivity contribution in [3.63, 3.8) is 0 Å². The number of ether oxygens (including phenoxy) is 1. The van der Waals surface area contributed by atoms with Crippen molar-refractivity contribution < 1.29 is 22.7 Å². The fourth-order valence-corrected chi connectivity index (χ4v) is 4.82. The van der Waals surface area contributed by atoms with Crippen LogP contribution < -0.4 is 16.4 Å². The van der Waals surface area contributed by atoms with Gasteiger partial charge in [0.2, 0.25) is 0 Å². The van der Waals surface area contributed by atoms with E-state index >= 15 is 0 Å². The van der Waals surface area contributed by atoms with Crippen molar-refractivity contribution in [2.75, 3.05) is 42.7 Å². The number of aromatic nitrogens is 3. The number of urea groups is 1. The minimum absolute atomic E-state index is 0.0311. The summed E-state index contributed by atoms with van der Waals surface area (Å²) in [5, 5.41) is 9.75. The molecule has 1 aliphatic heterocycles. The number of amides is 2. The predicted octanol–water partition coefficient (Wildman–Crippen LogP) is 5.78. The van der Waals surface area contributed by atoms with E-state index in [0.29, 0.717) is 47.1 Å². The van der Waals surface area contributed by atoms with Gasteiger partial charge in [0.15, 0.2) is 5.82 Å². The molecule has 39 heavy (non-hydrogen) atoms. The number of nitrogens with two attached hydrogens (primary N) is 1. The van der Waals surface area contributed by atoms with Gasteiger partial charge < -0.3 is 21.1 Å². The average molecular weight is 580 g/mol. The van der Waals surface area contributed by atoms with Crippen molar-refractivity contribution in [1.29, 1.82) is 0 Å². The number of hydrogen-bond acceptors (Lipinski definition) is 6. The summed E-state index contributed by atoms with van der Waals surface area (Å²) in [7, 11) is 0. The van der Waals surface area contributed by atoms with Gasteiger partial charge in [-0.2, -0.15) is 18.3 Å². The second-order valence-corrected chi connectivity index (χ2v) is 9.56. The maximum Gasteiger partial charge on any atom is 0.416 e. The summed E-state index contributed by atoms with van der Waals surface area (Å²) in [6, 6.07) is 8.65. The molecular weight excluding hydrogens is 558 g/mol. The number of fused-ring (bicyclic) bond motifs is 1. The van der Waals surface area contributed by atoms with Crippen LogP contribution in [0.5, 0.6) is 0 Å². The van der Waals surface area contributed by atoms with Gasteiger partial charge >= 0.3 is 12.2 Å². The van der Waals surface area contributed by atoms with Gasteiger partial charge in [0, 0.05) is 30.9 Å². The first-order chi connectivity index (χ1) is 18.6. The van der Waals surface area contributed by atoms with Gasteiger partial charge in [-0.05, 0) is 35.9 Å². The molecule has 4 aromatic rings. The topological polar surface area (TPSA) is 110 Å². The molecule has 14 heteroatoms. The van der Waals surface area contributed by atoms with E-state index < -0.39 is 17.8 Å². The maximum absolute atomic E-state index is 13.0. The van der Waals surface area contributed by atoms with Crippen LogP contribution in [0.3, 0.4) is 0 Å². The monoisotopic (exact) mass is 579 g/mol. The van der Waals surface area contributed by atoms with Crippen LogP contribution >= 0.6 is 23.2 Å². The Morgan fingerprint density at radius 1 is 1.08 bits per heavy atom. The lowest BCUT2D eigenvalue weighted by atomic mass is 10.1. The maximum atomic E-state index is 13.0. The smallest absolute Gasteiger partial charge is 0.382 e. The number of anilines is 3. The Morgan fingerprint density at radius 2 is 1.79 bits per heavy atom. The van der Waals surface area contributed by atoms with Crippen LogP contribution in [0.2, 0.25) is 10.0 Å². The molecule has 2 aromatic heterocycles. The first-order valence-corrected chi connectivity index (χ1v) is 12.5. The molecule has 1 fully saturated rings. The van der Waals surface area contributed by atoms with E-state index in [-0.39, 0.29) is 16.5 Å². The quantitative estimate of drug-likeness (QED) is 0.276. The first kappa shape index (κ1) is 27.0. The number of morpholine rings is 1. The van der Waals surface area contributed by atoms with Crippen molar-refractivity contribution in [2.24, 2.45) is 0 Å². The van der Waals surface area contributed by atoms with Crippen LogP contribution in [0.25, 0.3) is 16.6 Å². The van der Waals surface area contributed by atoms with Gasteiger partial charge in [-0.15, -0.1) is 0 Å². The molecule has 0 spiro atoms. The van der Waals surface area contributed by atoms with Crippen LogP contribution in [0, 0.1) is 0 Å². The van der Waals surface area contributed by atoms with Crippen LogP contribution in [0.1, 0.15) is 11.3 Å². The second-order valence-electron chi connectivity index (χ2n) is 8.78. The highest BCUT2D eigenvalue weighted by Gasteiger charge is 2.31. The third-order valence-electron chi connectivity index (χ3n) is 6.23. The zero-order valence-electron chi connectivity index (χ0n) is 20.2. The molecule has 204 valence electrons. The number of benzene rings is 2. The van der Waals surface area contributed by atoms with Crippen LogP contribution in [-0.4, -0.2) is 51.8 Å². The Morgan fingerprint density at radius 3 is 2.49 bits per heavy atom. The Labute approximate surface area is 230 Å². The SMILES string of the molecule is Nc1ncnn2c(CN3CCOCC3)c(Cl)c(-c3ccc(NC(=O)Nc4cc(C(F)(F)F)ccc4Cl)cc3)c12. The van der Waals surface area contributed by atoms with Crippen LogP contribution in [0.15, 0.2) is 48.8 Å². The van der Waals surface area contributed by atoms with Crippen molar-refractivity contribution >= 4 is 51.9 Å². The molecule has 0 aliphatic carbocycles. The van der Waals surface area contributed by atoms with Crippen molar-refractivity contribution in [2.45, 2.75) is 12.7 Å². The highest BCUT2D eigenvalue weighted by atomic mass is 35.5. The molecular formula is C25H22Cl2F3N7O2. The minimum Gasteiger partial charge on any atom is -0.382 e. The number of carbonyl (C=O) groups is 1. The zero-order valence-corrected chi connectivity index (χ0v) is 21.7. The minimum atomic E-state index is -4.58. The van der Waals surface area contributed by atoms with Crippen LogP contribution in [-0.2, 0) is 17.5 Å². The molecule has 1 saturated heterocycles. The molecule has 2 aromatic carbocycles. The molecule has 0 atom stereocenters. The first-order valence-electron chi connectivity index (χ1n) is 11.8. The van der Waals surface area contributed by atoms with Gasteiger partial charge in [0.1, 0.15) is 11.8 Å². The fourth-order valence-electron chi connectivity index (χ4n) is 4.32. The van der Waals surface area contributed by atoms with Crippen molar-refractivity contribution in [1.82, 2.24) is 19.5 Å². The lowest BCUT2D eigenvalue weighted by Crippen LogP contribution is -2.36. The molecule has 0 unspecified atom stereocenters. The third-order valence-corrected chi connectivity index (χ3v) is 6.97. The number of alkyl halides is 3. The number of halogens is 5. The molecule has 9 nitrogen and oxygen atoms in total. The molecule has 1 aliphatic rings. The number of nitrogens with one attached hydrogen (secondary N) is 2. The fraction of sp³-hybridized carbons (Fsp3) is 0.240. The summed E-state index contributed by atoms with van der Waals surface area (Å²) in [6.07, 6.45) is -3.21. The molecule has 0 radical (unpaired) electrons. The highest BCUT2D eigenvalue weighted by molar-refractivity contribution is 6.35. The standard InChI is InChI=1S/C25H22Cl2F3N7O2/c26-17-6-3-15(25(28,29)30)11-18(17)35-24(38)34-16-4-1-14(2-5-16)20-21(27)19(12-36-7-9-39-10-8-36)37-22(20)23(31)32-13-33-37/h1-6,11,13H,7-10,12H2,(H2,31,32,33)(H2,34,35,38). The summed E-state index contributed by atoms with van der Waals surface area (Å²) < 4.78 is 46.2. The summed E-state index contributed by atoms with van der Waals surface area (Å²) in [5.74, 6) is 0.259. The van der Waals surface area contributed by atoms with E-state index in [4.69, 9.17) is 33.7 Å². The van der Waals surface area contributed by atoms with Gasteiger partial charge in [-0.1, -0.05) is 35.3 Å². The molecule has 2 amide bonds. The summed E-state index contributed by atoms with van der Waals surface area (Å²) in [6.45, 7) is 3.32. The average Bonchev–Trinajstić information content (AvgIpc) is 3.18. The van der Waals surface area contributed by atoms with Gasteiger partial charge in [-0.3, -0.25) is 4.90 Å². The molecule has 0 bridgehead atoms. The van der Waals surface area contributed by atoms with Crippen LogP contribution in [0.4, 0.5) is 35.2 Å². The van der Waals surface area contributed by atoms with Crippen molar-refractivity contribution in [3.8, 4) is 11.1 Å². The molecule has 4 N–H and O–H groups in total. The Bertz CT molecular complexity index is 1520. The predicted molar refractivity (Wildman–Crippen MR) is 143 cm³/mol. The summed E-state index contributed by atoms with van der Waals surface area (Å²) in [4.78, 5) is 18.8. The molecule has 5 rings (SSSR count). The normalized spacial score (nSPS) is 14.5. The second kappa shape index (κ2) is 10.9. The Kier molecular flexibility index (Phi) is 7.54. The third kappa shape index (κ3) is 5.74. The van der Waals surface area contributed by atoms with Crippen molar-refractivity contribution in [3.05, 3.63) is 70.1 Å². The number of nitrogen functional groups attached to an aromatic ring is 1. The van der Waals surface area contributed by atoms with E-state index in [1.807, 2.05) is 0 Å². The number of nitrogens with zero attached hydrogens (tertiary/aromatic N) is 4. The van der Waals surface area contributed by atoms with Gasteiger partial charge in [0.05, 0.1) is 40.2 Å². The van der Waals surface area contributed by atoms with E-state index in [0.717, 1.165) is 37.0 Å². The lowest BCUT2D eigenvalue weighted by Gasteiger charge is -2.26. The number of hydrogen-bond donors (Lipinski definition) is 3. The largest absolute Gasteiger partial charge is 0.416 e. The summed E-state index contributed by atoms with van der Waals surface area (Å²) in [5.41, 5.74) is 8.17. The lowest BCUT2D eigenvalue weighted by molar-refractivity contribution is -0.137. The Hall–Kier alpha value is -3.58. The van der Waals surface area contributed by atoms with E-state index in [2.05, 4.69) is 25.6 Å². The zero-order chi connectivity index (χ0) is 27.7. The summed E-state index contributed by atoms with van der Waals surface area (Å²) >= 11 is 12.8. The van der Waals surface area contributed by atoms with Gasteiger partial charge in [-0.25, -0.2) is 14.3 Å².